The van der Waals surface area contributed by atoms with Gasteiger partial charge >= 0.3 is 0 Å². The van der Waals surface area contributed by atoms with Crippen molar-refractivity contribution in [3.8, 4) is 17.2 Å². The van der Waals surface area contributed by atoms with Crippen LogP contribution in [-0.2, 0) is 0 Å². The van der Waals surface area contributed by atoms with Gasteiger partial charge in [0.05, 0.1) is 11.3 Å². The largest absolute Gasteiger partial charge is 0.508 e. The lowest BCUT2D eigenvalue weighted by Gasteiger charge is -2.22. The van der Waals surface area contributed by atoms with Gasteiger partial charge in [0.15, 0.2) is 0 Å². The molecule has 0 saturated heterocycles. The Morgan fingerprint density at radius 2 is 1.65 bits per heavy atom. The second kappa shape index (κ2) is 6.08. The topological polar surface area (TPSA) is 102 Å². The zero-order chi connectivity index (χ0) is 17.2. The predicted molar refractivity (Wildman–Crippen MR) is 89.2 cm³/mol. The Morgan fingerprint density at radius 1 is 0.957 bits per heavy atom. The molecule has 5 N–H and O–H groups in total. The molecule has 2 rings (SSSR count). The average molecular weight is 316 g/mol. The molecule has 1 amide bonds. The zero-order valence-corrected chi connectivity index (χ0v) is 13.2. The lowest BCUT2D eigenvalue weighted by Crippen LogP contribution is -2.25. The molecule has 23 heavy (non-hydrogen) atoms. The number of carbonyl (C=O) groups excluding carboxylic acids is 1. The molecule has 6 heteroatoms. The lowest BCUT2D eigenvalue weighted by atomic mass is 10.1. The first-order valence-electron chi connectivity index (χ1n) is 7.10. The fraction of sp³-hybridized carbons (Fsp3) is 0.235. The highest BCUT2D eigenvalue weighted by Gasteiger charge is 2.15. The number of aromatic hydroxyl groups is 3. The molecule has 2 aromatic rings. The second-order valence-corrected chi connectivity index (χ2v) is 6.26. The number of rotatable bonds is 3. The SMILES string of the molecule is CC(C)(C)Nc1ccc(NC(=O)c2ccc(O)cc2O)c(O)c1. The molecule has 0 atom stereocenters. The summed E-state index contributed by atoms with van der Waals surface area (Å²) in [5, 5.41) is 34.7. The van der Waals surface area contributed by atoms with Crippen LogP contribution >= 0.6 is 0 Å². The molecule has 2 aromatic carbocycles. The molecule has 0 aliphatic rings. The molecule has 122 valence electrons. The zero-order valence-electron chi connectivity index (χ0n) is 13.2. The maximum absolute atomic E-state index is 12.1. The van der Waals surface area contributed by atoms with Crippen molar-refractivity contribution in [3.05, 3.63) is 42.0 Å². The van der Waals surface area contributed by atoms with E-state index >= 15 is 0 Å². The van der Waals surface area contributed by atoms with E-state index in [9.17, 15) is 20.1 Å². The van der Waals surface area contributed by atoms with E-state index in [4.69, 9.17) is 0 Å². The molecule has 0 aliphatic heterocycles. The summed E-state index contributed by atoms with van der Waals surface area (Å²) in [4.78, 5) is 12.1. The molecule has 0 radical (unpaired) electrons. The third-order valence-electron chi connectivity index (χ3n) is 2.99. The molecular formula is C17H20N2O4. The summed E-state index contributed by atoms with van der Waals surface area (Å²) in [6.07, 6.45) is 0. The summed E-state index contributed by atoms with van der Waals surface area (Å²) in [6, 6.07) is 8.48. The quantitative estimate of drug-likeness (QED) is 0.559. The van der Waals surface area contributed by atoms with Crippen molar-refractivity contribution in [1.29, 1.82) is 0 Å². The number of anilines is 2. The molecule has 0 spiro atoms. The molecule has 0 fully saturated rings. The molecular weight excluding hydrogens is 296 g/mol. The molecule has 6 nitrogen and oxygen atoms in total. The minimum absolute atomic E-state index is 0.000840. The van der Waals surface area contributed by atoms with E-state index < -0.39 is 5.91 Å². The van der Waals surface area contributed by atoms with Crippen LogP contribution < -0.4 is 10.6 Å². The first kappa shape index (κ1) is 16.5. The maximum Gasteiger partial charge on any atom is 0.259 e. The van der Waals surface area contributed by atoms with Gasteiger partial charge in [0, 0.05) is 23.4 Å². The standard InChI is InChI=1S/C17H20N2O4/c1-17(2,3)19-10-4-7-13(15(22)8-10)18-16(23)12-6-5-11(20)9-14(12)21/h4-9,19-22H,1-3H3,(H,18,23). The normalized spacial score (nSPS) is 11.1. The van der Waals surface area contributed by atoms with Crippen LogP contribution in [0.1, 0.15) is 31.1 Å². The van der Waals surface area contributed by atoms with Crippen molar-refractivity contribution < 1.29 is 20.1 Å². The Hall–Kier alpha value is -2.89. The Kier molecular flexibility index (Phi) is 4.36. The van der Waals surface area contributed by atoms with E-state index in [1.807, 2.05) is 20.8 Å². The number of benzene rings is 2. The molecule has 0 aliphatic carbocycles. The van der Waals surface area contributed by atoms with Gasteiger partial charge in [0.2, 0.25) is 0 Å². The van der Waals surface area contributed by atoms with E-state index in [1.54, 1.807) is 12.1 Å². The van der Waals surface area contributed by atoms with E-state index in [2.05, 4.69) is 10.6 Å². The Labute approximate surface area is 134 Å². The predicted octanol–water partition coefficient (Wildman–Crippen LogP) is 3.27. The highest BCUT2D eigenvalue weighted by atomic mass is 16.3. The smallest absolute Gasteiger partial charge is 0.259 e. The lowest BCUT2D eigenvalue weighted by molar-refractivity contribution is 0.102. The summed E-state index contributed by atoms with van der Waals surface area (Å²) < 4.78 is 0. The van der Waals surface area contributed by atoms with Crippen LogP contribution in [0, 0.1) is 0 Å². The summed E-state index contributed by atoms with van der Waals surface area (Å²) >= 11 is 0. The van der Waals surface area contributed by atoms with Crippen molar-refractivity contribution in [2.75, 3.05) is 10.6 Å². The van der Waals surface area contributed by atoms with Crippen LogP contribution in [0.2, 0.25) is 0 Å². The monoisotopic (exact) mass is 316 g/mol. The minimum atomic E-state index is -0.589. The number of phenolic OH excluding ortho intramolecular Hbond substituents is 3. The third-order valence-corrected chi connectivity index (χ3v) is 2.99. The van der Waals surface area contributed by atoms with E-state index in [-0.39, 0.29) is 34.0 Å². The Bertz CT molecular complexity index is 736. The summed E-state index contributed by atoms with van der Waals surface area (Å²) in [7, 11) is 0. The molecule has 0 aromatic heterocycles. The van der Waals surface area contributed by atoms with Gasteiger partial charge in [0.1, 0.15) is 17.2 Å². The van der Waals surface area contributed by atoms with Crippen LogP contribution in [0.15, 0.2) is 36.4 Å². The van der Waals surface area contributed by atoms with Gasteiger partial charge in [-0.2, -0.15) is 0 Å². The minimum Gasteiger partial charge on any atom is -0.508 e. The second-order valence-electron chi connectivity index (χ2n) is 6.26. The van der Waals surface area contributed by atoms with Gasteiger partial charge in [-0.05, 0) is 45.0 Å². The van der Waals surface area contributed by atoms with Gasteiger partial charge in [0.25, 0.3) is 5.91 Å². The van der Waals surface area contributed by atoms with Crippen LogP contribution in [0.5, 0.6) is 17.2 Å². The van der Waals surface area contributed by atoms with Gasteiger partial charge in [-0.15, -0.1) is 0 Å². The molecule has 0 unspecified atom stereocenters. The van der Waals surface area contributed by atoms with E-state index in [0.29, 0.717) is 0 Å². The van der Waals surface area contributed by atoms with Gasteiger partial charge in [-0.1, -0.05) is 0 Å². The van der Waals surface area contributed by atoms with Gasteiger partial charge in [-0.25, -0.2) is 0 Å². The maximum atomic E-state index is 12.1. The van der Waals surface area contributed by atoms with Crippen molar-refractivity contribution in [2.45, 2.75) is 26.3 Å². The van der Waals surface area contributed by atoms with Crippen molar-refractivity contribution >= 4 is 17.3 Å². The van der Waals surface area contributed by atoms with E-state index in [1.165, 1.54) is 18.2 Å². The Morgan fingerprint density at radius 3 is 2.22 bits per heavy atom. The van der Waals surface area contributed by atoms with Crippen LogP contribution in [0.3, 0.4) is 0 Å². The molecule has 0 heterocycles. The fourth-order valence-electron chi connectivity index (χ4n) is 2.05. The van der Waals surface area contributed by atoms with Crippen molar-refractivity contribution in [1.82, 2.24) is 0 Å². The summed E-state index contributed by atoms with van der Waals surface area (Å²) in [6.45, 7) is 5.98. The van der Waals surface area contributed by atoms with Gasteiger partial charge < -0.3 is 26.0 Å². The number of hydrogen-bond acceptors (Lipinski definition) is 5. The van der Waals surface area contributed by atoms with Crippen molar-refractivity contribution in [2.24, 2.45) is 0 Å². The molecule has 0 saturated carbocycles. The number of hydrogen-bond donors (Lipinski definition) is 5. The number of carbonyl (C=O) groups is 1. The highest BCUT2D eigenvalue weighted by Crippen LogP contribution is 2.30. The third kappa shape index (κ3) is 4.29. The van der Waals surface area contributed by atoms with E-state index in [0.717, 1.165) is 11.8 Å². The Balaban J connectivity index is 2.18. The number of nitrogens with one attached hydrogen (secondary N) is 2. The van der Waals surface area contributed by atoms with Crippen LogP contribution in [-0.4, -0.2) is 26.8 Å². The first-order valence-corrected chi connectivity index (χ1v) is 7.10. The number of phenols is 3. The molecule has 0 bridgehead atoms. The first-order chi connectivity index (χ1) is 10.7. The number of amides is 1. The summed E-state index contributed by atoms with van der Waals surface area (Å²) in [5.41, 5.74) is 0.788. The summed E-state index contributed by atoms with van der Waals surface area (Å²) in [5.74, 6) is -1.16. The highest BCUT2D eigenvalue weighted by molar-refractivity contribution is 6.07. The van der Waals surface area contributed by atoms with Crippen LogP contribution in [0.4, 0.5) is 11.4 Å². The van der Waals surface area contributed by atoms with Crippen molar-refractivity contribution in [3.63, 3.8) is 0 Å². The van der Waals surface area contributed by atoms with Gasteiger partial charge in [-0.3, -0.25) is 4.79 Å². The van der Waals surface area contributed by atoms with Crippen LogP contribution in [0.25, 0.3) is 0 Å². The average Bonchev–Trinajstić information content (AvgIpc) is 2.40. The fourth-order valence-corrected chi connectivity index (χ4v) is 2.05.